The molecule has 1 unspecified atom stereocenters. The summed E-state index contributed by atoms with van der Waals surface area (Å²) in [5, 5.41) is 55.7. The number of unbranched alkanes of at least 4 members (excludes halogenated alkanes) is 1. The first-order valence-electron chi connectivity index (χ1n) is 13.3. The van der Waals surface area contributed by atoms with Gasteiger partial charge in [0, 0.05) is 18.2 Å². The van der Waals surface area contributed by atoms with E-state index >= 15 is 0 Å². The van der Waals surface area contributed by atoms with E-state index < -0.39 is 37.2 Å². The number of nitrogens with one attached hydrogen (secondary N) is 4. The summed E-state index contributed by atoms with van der Waals surface area (Å²) in [7, 11) is -1.71. The molecule has 0 aliphatic heterocycles. The van der Waals surface area contributed by atoms with E-state index in [1.165, 1.54) is 0 Å². The summed E-state index contributed by atoms with van der Waals surface area (Å²) < 4.78 is 0. The third-order valence-electron chi connectivity index (χ3n) is 5.86. The van der Waals surface area contributed by atoms with Crippen LogP contribution in [0.3, 0.4) is 0 Å². The van der Waals surface area contributed by atoms with Crippen molar-refractivity contribution in [2.24, 2.45) is 17.8 Å². The Balaban J connectivity index is 5.38. The van der Waals surface area contributed by atoms with Crippen LogP contribution in [-0.2, 0) is 9.59 Å². The smallest absolute Gasteiger partial charge is 0.426 e. The molecule has 0 saturated heterocycles. The number of hydrogen-bond donors (Lipinski definition) is 7. The van der Waals surface area contributed by atoms with Crippen molar-refractivity contribution in [3.63, 3.8) is 0 Å². The summed E-state index contributed by atoms with van der Waals surface area (Å²) in [5.41, 5.74) is 0.618. The number of carbonyl (C=O) groups is 2. The van der Waals surface area contributed by atoms with E-state index in [4.69, 9.17) is 5.41 Å². The summed E-state index contributed by atoms with van der Waals surface area (Å²) in [6.45, 7) is 12.9. The van der Waals surface area contributed by atoms with E-state index in [1.807, 2.05) is 27.7 Å². The van der Waals surface area contributed by atoms with Gasteiger partial charge in [-0.3, -0.25) is 9.59 Å². The van der Waals surface area contributed by atoms with Crippen molar-refractivity contribution >= 4 is 24.6 Å². The molecule has 4 atom stereocenters. The van der Waals surface area contributed by atoms with Gasteiger partial charge in [0.25, 0.3) is 0 Å². The number of amides is 2. The number of aliphatic hydroxyl groups excluding tert-OH is 1. The average molecular weight is 522 g/mol. The lowest BCUT2D eigenvalue weighted by molar-refractivity contribution is -0.125. The lowest BCUT2D eigenvalue weighted by atomic mass is 9.75. The first-order valence-corrected chi connectivity index (χ1v) is 13.3. The molecule has 0 aromatic carbocycles. The Morgan fingerprint density at radius 3 is 2.11 bits per heavy atom. The minimum absolute atomic E-state index is 0.128. The van der Waals surface area contributed by atoms with Crippen LogP contribution in [0.2, 0.25) is 0 Å². The summed E-state index contributed by atoms with van der Waals surface area (Å²) >= 11 is 0. The van der Waals surface area contributed by atoms with Gasteiger partial charge in [-0.25, -0.2) is 0 Å². The van der Waals surface area contributed by atoms with Gasteiger partial charge in [0.2, 0.25) is 11.8 Å². The zero-order chi connectivity index (χ0) is 28.7. The Labute approximate surface area is 222 Å². The molecule has 0 radical (unpaired) electrons. The van der Waals surface area contributed by atoms with Gasteiger partial charge in [-0.1, -0.05) is 54.0 Å². The molecule has 2 amide bonds. The third kappa shape index (κ3) is 14.9. The SMILES string of the molecule is CC(C)C=C(C#N)C(=N)CCCCC(NC[C@H](NC(=O)C(C)C)[C@@H](C)O)C(=O)N[C@@H](CC(C)C)B(O)O. The second-order valence-electron chi connectivity index (χ2n) is 10.8. The molecule has 11 heteroatoms. The maximum absolute atomic E-state index is 13.1. The number of nitrogens with zero attached hydrogens (tertiary/aromatic N) is 1. The molecule has 0 fully saturated rings. The molecule has 10 nitrogen and oxygen atoms in total. The summed E-state index contributed by atoms with van der Waals surface area (Å²) in [6, 6.07) is 0.731. The van der Waals surface area contributed by atoms with Gasteiger partial charge >= 0.3 is 7.12 Å². The maximum atomic E-state index is 13.1. The number of aliphatic hydroxyl groups is 1. The van der Waals surface area contributed by atoms with Crippen LogP contribution in [0.15, 0.2) is 11.6 Å². The Hall–Kier alpha value is -2.26. The first-order chi connectivity index (χ1) is 17.2. The van der Waals surface area contributed by atoms with Crippen molar-refractivity contribution in [1.29, 1.82) is 10.7 Å². The number of allylic oxidation sites excluding steroid dienone is 2. The normalized spacial score (nSPS) is 15.2. The van der Waals surface area contributed by atoms with Crippen LogP contribution in [0.5, 0.6) is 0 Å². The Morgan fingerprint density at radius 1 is 1.03 bits per heavy atom. The molecule has 0 bridgehead atoms. The molecule has 0 spiro atoms. The number of rotatable bonds is 18. The van der Waals surface area contributed by atoms with E-state index in [0.717, 1.165) is 0 Å². The predicted molar refractivity (Wildman–Crippen MR) is 147 cm³/mol. The Kier molecular flexibility index (Phi) is 17.0. The molecule has 0 aliphatic rings. The van der Waals surface area contributed by atoms with Gasteiger partial charge in [-0.2, -0.15) is 5.26 Å². The molecule has 0 aromatic rings. The summed E-state index contributed by atoms with van der Waals surface area (Å²) in [6.07, 6.45) is 3.22. The van der Waals surface area contributed by atoms with E-state index in [-0.39, 0.29) is 35.9 Å². The quantitative estimate of drug-likeness (QED) is 0.0621. The predicted octanol–water partition coefficient (Wildman–Crippen LogP) is 1.70. The summed E-state index contributed by atoms with van der Waals surface area (Å²) in [5.74, 6) is -1.44. The lowest BCUT2D eigenvalue weighted by Crippen LogP contribution is -2.56. The molecule has 37 heavy (non-hydrogen) atoms. The highest BCUT2D eigenvalue weighted by atomic mass is 16.4. The topological polar surface area (TPSA) is 179 Å². The van der Waals surface area contributed by atoms with E-state index in [2.05, 4.69) is 22.0 Å². The van der Waals surface area contributed by atoms with Gasteiger partial charge in [0.1, 0.15) is 6.07 Å². The van der Waals surface area contributed by atoms with Gasteiger partial charge in [-0.15, -0.1) is 0 Å². The maximum Gasteiger partial charge on any atom is 0.475 e. The van der Waals surface area contributed by atoms with Crippen molar-refractivity contribution in [3.8, 4) is 6.07 Å². The molecule has 0 heterocycles. The monoisotopic (exact) mass is 521 g/mol. The third-order valence-corrected chi connectivity index (χ3v) is 5.86. The van der Waals surface area contributed by atoms with Crippen LogP contribution in [0.1, 0.15) is 80.6 Å². The van der Waals surface area contributed by atoms with Crippen molar-refractivity contribution in [3.05, 3.63) is 11.6 Å². The average Bonchev–Trinajstić information content (AvgIpc) is 2.79. The van der Waals surface area contributed by atoms with Gasteiger partial charge in [0.15, 0.2) is 0 Å². The van der Waals surface area contributed by atoms with Crippen LogP contribution < -0.4 is 16.0 Å². The van der Waals surface area contributed by atoms with Crippen LogP contribution in [0.4, 0.5) is 0 Å². The first kappa shape index (κ1) is 34.7. The molecule has 210 valence electrons. The lowest BCUT2D eigenvalue weighted by Gasteiger charge is -2.27. The number of hydrogen-bond acceptors (Lipinski definition) is 8. The fourth-order valence-electron chi connectivity index (χ4n) is 3.66. The fraction of sp³-hybridized carbons (Fsp3) is 0.769. The fourth-order valence-corrected chi connectivity index (χ4v) is 3.66. The van der Waals surface area contributed by atoms with Crippen molar-refractivity contribution in [1.82, 2.24) is 16.0 Å². The van der Waals surface area contributed by atoms with E-state index in [0.29, 0.717) is 37.7 Å². The van der Waals surface area contributed by atoms with Crippen LogP contribution in [0.25, 0.3) is 0 Å². The zero-order valence-electron chi connectivity index (χ0n) is 23.5. The van der Waals surface area contributed by atoms with E-state index in [9.17, 15) is 30.0 Å². The van der Waals surface area contributed by atoms with Crippen LogP contribution in [0, 0.1) is 34.5 Å². The molecule has 7 N–H and O–H groups in total. The Bertz CT molecular complexity index is 793. The zero-order valence-corrected chi connectivity index (χ0v) is 23.5. The van der Waals surface area contributed by atoms with Gasteiger partial charge < -0.3 is 36.5 Å². The Morgan fingerprint density at radius 2 is 1.65 bits per heavy atom. The highest BCUT2D eigenvalue weighted by Crippen LogP contribution is 2.12. The molecule has 0 aromatic heterocycles. The van der Waals surface area contributed by atoms with Gasteiger partial charge in [-0.05, 0) is 44.4 Å². The second kappa shape index (κ2) is 18.1. The highest BCUT2D eigenvalue weighted by Gasteiger charge is 2.30. The second-order valence-corrected chi connectivity index (χ2v) is 10.8. The highest BCUT2D eigenvalue weighted by molar-refractivity contribution is 6.43. The largest absolute Gasteiger partial charge is 0.475 e. The van der Waals surface area contributed by atoms with Crippen molar-refractivity contribution < 1.29 is 24.7 Å². The van der Waals surface area contributed by atoms with Gasteiger partial charge in [0.05, 0.1) is 29.7 Å². The number of nitriles is 1. The number of carbonyl (C=O) groups excluding carboxylic acids is 2. The molecular weight excluding hydrogens is 473 g/mol. The minimum atomic E-state index is -1.71. The minimum Gasteiger partial charge on any atom is -0.426 e. The van der Waals surface area contributed by atoms with Crippen molar-refractivity contribution in [2.45, 2.75) is 105 Å². The standard InChI is InChI=1S/C26H48BN5O5/c1-16(2)12-20(14-28)21(29)10-8-9-11-22(26(35)32-24(27(36)37)13-17(3)4)30-15-23(19(7)33)31-25(34)18(5)6/h12,16-19,22-24,29-30,33,36-37H,8-11,13,15H2,1-7H3,(H,31,34)(H,32,35)/t19-,22?,23+,24+/m1/s1. The van der Waals surface area contributed by atoms with Crippen LogP contribution >= 0.6 is 0 Å². The van der Waals surface area contributed by atoms with Crippen molar-refractivity contribution in [2.75, 3.05) is 6.54 Å². The molecule has 0 aliphatic carbocycles. The molecule has 0 saturated carbocycles. The molecule has 0 rings (SSSR count). The molecular formula is C26H48BN5O5. The van der Waals surface area contributed by atoms with Crippen LogP contribution in [-0.4, -0.2) is 70.5 Å². The van der Waals surface area contributed by atoms with E-state index in [1.54, 1.807) is 26.8 Å². The summed E-state index contributed by atoms with van der Waals surface area (Å²) in [4.78, 5) is 25.3.